The Kier molecular flexibility index (Phi) is 4.55. The van der Waals surface area contributed by atoms with Gasteiger partial charge in [-0.25, -0.2) is 0 Å². The summed E-state index contributed by atoms with van der Waals surface area (Å²) in [6.45, 7) is 3.87. The second kappa shape index (κ2) is 6.16. The summed E-state index contributed by atoms with van der Waals surface area (Å²) in [5, 5.41) is 5.77. The lowest BCUT2D eigenvalue weighted by molar-refractivity contribution is -0.125. The van der Waals surface area contributed by atoms with Gasteiger partial charge in [-0.2, -0.15) is 0 Å². The average molecular weight is 281 g/mol. The highest BCUT2D eigenvalue weighted by Crippen LogP contribution is 2.20. The van der Waals surface area contributed by atoms with Gasteiger partial charge in [0.1, 0.15) is 6.04 Å². The summed E-state index contributed by atoms with van der Waals surface area (Å²) < 4.78 is 0. The van der Waals surface area contributed by atoms with Gasteiger partial charge in [-0.05, 0) is 18.6 Å². The molecule has 2 N–H and O–H groups in total. The summed E-state index contributed by atoms with van der Waals surface area (Å²) in [5.41, 5.74) is 0. The van der Waals surface area contributed by atoms with Crippen LogP contribution in [0.25, 0.3) is 0 Å². The second-order valence-corrected chi connectivity index (χ2v) is 5.62. The molecule has 1 aromatic heterocycles. The Labute approximate surface area is 117 Å². The minimum Gasteiger partial charge on any atom is -0.357 e. The number of hydrogen-bond acceptors (Lipinski definition) is 4. The summed E-state index contributed by atoms with van der Waals surface area (Å²) in [5.74, 6) is -0.160. The Bertz CT molecular complexity index is 472. The monoisotopic (exact) mass is 281 g/mol. The summed E-state index contributed by atoms with van der Waals surface area (Å²) >= 11 is 1.51. The second-order valence-electron chi connectivity index (χ2n) is 4.45. The van der Waals surface area contributed by atoms with Crippen molar-refractivity contribution in [1.82, 2.24) is 15.5 Å². The van der Waals surface area contributed by atoms with Crippen LogP contribution in [-0.2, 0) is 11.2 Å². The topological polar surface area (TPSA) is 61.4 Å². The molecule has 0 spiro atoms. The predicted octanol–water partition coefficient (Wildman–Crippen LogP) is 0.470. The van der Waals surface area contributed by atoms with Crippen molar-refractivity contribution in [2.75, 3.05) is 26.7 Å². The van der Waals surface area contributed by atoms with E-state index in [2.05, 4.69) is 17.6 Å². The first-order chi connectivity index (χ1) is 9.17. The zero-order chi connectivity index (χ0) is 13.8. The molecule has 1 aliphatic heterocycles. The lowest BCUT2D eigenvalue weighted by atomic mass is 10.1. The number of aryl methyl sites for hydroxylation is 1. The van der Waals surface area contributed by atoms with E-state index in [0.29, 0.717) is 18.0 Å². The van der Waals surface area contributed by atoms with Crippen molar-refractivity contribution in [3.8, 4) is 0 Å². The van der Waals surface area contributed by atoms with E-state index in [1.807, 2.05) is 12.1 Å². The molecule has 5 nitrogen and oxygen atoms in total. The van der Waals surface area contributed by atoms with Crippen molar-refractivity contribution in [3.63, 3.8) is 0 Å². The Hall–Kier alpha value is -1.40. The van der Waals surface area contributed by atoms with Crippen LogP contribution in [0.2, 0.25) is 0 Å². The van der Waals surface area contributed by atoms with Crippen LogP contribution in [0.4, 0.5) is 0 Å². The number of nitrogens with one attached hydrogen (secondary N) is 2. The van der Waals surface area contributed by atoms with E-state index < -0.39 is 6.04 Å². The van der Waals surface area contributed by atoms with Crippen molar-refractivity contribution < 1.29 is 9.59 Å². The molecule has 2 heterocycles. The predicted molar refractivity (Wildman–Crippen MR) is 75.5 cm³/mol. The van der Waals surface area contributed by atoms with E-state index in [4.69, 9.17) is 0 Å². The minimum absolute atomic E-state index is 0.0419. The highest BCUT2D eigenvalue weighted by Gasteiger charge is 2.32. The molecule has 1 atom stereocenters. The first-order valence-electron chi connectivity index (χ1n) is 6.49. The molecule has 0 aromatic carbocycles. The lowest BCUT2D eigenvalue weighted by Crippen LogP contribution is -2.59. The molecule has 1 fully saturated rings. The molecule has 0 radical (unpaired) electrons. The highest BCUT2D eigenvalue weighted by molar-refractivity contribution is 7.14. The molecule has 19 heavy (non-hydrogen) atoms. The van der Waals surface area contributed by atoms with Gasteiger partial charge in [-0.15, -0.1) is 11.3 Å². The molecule has 2 rings (SSSR count). The van der Waals surface area contributed by atoms with Gasteiger partial charge in [-0.3, -0.25) is 9.59 Å². The number of thiophene rings is 1. The molecule has 0 bridgehead atoms. The summed E-state index contributed by atoms with van der Waals surface area (Å²) in [4.78, 5) is 27.9. The van der Waals surface area contributed by atoms with Crippen molar-refractivity contribution in [2.24, 2.45) is 0 Å². The van der Waals surface area contributed by atoms with Gasteiger partial charge in [0.2, 0.25) is 5.91 Å². The van der Waals surface area contributed by atoms with E-state index >= 15 is 0 Å². The summed E-state index contributed by atoms with van der Waals surface area (Å²) in [6, 6.07) is 3.42. The first-order valence-corrected chi connectivity index (χ1v) is 7.31. The van der Waals surface area contributed by atoms with Crippen LogP contribution in [0.15, 0.2) is 12.1 Å². The number of likely N-dealkylation sites (N-methyl/N-ethyl adjacent to an activating group) is 1. The van der Waals surface area contributed by atoms with Crippen molar-refractivity contribution in [1.29, 1.82) is 0 Å². The van der Waals surface area contributed by atoms with Crippen LogP contribution < -0.4 is 10.6 Å². The number of rotatable bonds is 3. The number of hydrogen-bond donors (Lipinski definition) is 2. The van der Waals surface area contributed by atoms with Crippen LogP contribution in [-0.4, -0.2) is 49.4 Å². The fraction of sp³-hybridized carbons (Fsp3) is 0.538. The molecule has 1 aliphatic rings. The molecule has 104 valence electrons. The number of carbonyl (C=O) groups is 2. The van der Waals surface area contributed by atoms with Crippen LogP contribution in [0.1, 0.15) is 21.5 Å². The fourth-order valence-corrected chi connectivity index (χ4v) is 3.08. The van der Waals surface area contributed by atoms with E-state index in [1.165, 1.54) is 16.2 Å². The number of nitrogens with zero attached hydrogens (tertiary/aromatic N) is 1. The molecular weight excluding hydrogens is 262 g/mol. The lowest BCUT2D eigenvalue weighted by Gasteiger charge is -2.34. The quantitative estimate of drug-likeness (QED) is 0.847. The fourth-order valence-electron chi connectivity index (χ4n) is 2.17. The first kappa shape index (κ1) is 14.0. The third-order valence-electron chi connectivity index (χ3n) is 3.27. The minimum atomic E-state index is -0.418. The summed E-state index contributed by atoms with van der Waals surface area (Å²) in [6.07, 6.45) is 0.929. The Morgan fingerprint density at radius 2 is 2.32 bits per heavy atom. The zero-order valence-electron chi connectivity index (χ0n) is 11.2. The van der Waals surface area contributed by atoms with E-state index in [-0.39, 0.29) is 11.8 Å². The van der Waals surface area contributed by atoms with Crippen LogP contribution in [0, 0.1) is 0 Å². The van der Waals surface area contributed by atoms with Gasteiger partial charge in [0.05, 0.1) is 4.88 Å². The maximum atomic E-state index is 12.5. The SMILES string of the molecule is CCc1ccc(C(=O)N2CCNCC2C(=O)NC)s1. The smallest absolute Gasteiger partial charge is 0.264 e. The Balaban J connectivity index is 2.17. The van der Waals surface area contributed by atoms with Crippen molar-refractivity contribution in [3.05, 3.63) is 21.9 Å². The largest absolute Gasteiger partial charge is 0.357 e. The highest BCUT2D eigenvalue weighted by atomic mass is 32.1. The van der Waals surface area contributed by atoms with Gasteiger partial charge in [0.25, 0.3) is 5.91 Å². The number of piperazine rings is 1. The summed E-state index contributed by atoms with van der Waals surface area (Å²) in [7, 11) is 1.60. The van der Waals surface area contributed by atoms with Gasteiger partial charge in [-0.1, -0.05) is 6.92 Å². The molecule has 1 unspecified atom stereocenters. The van der Waals surface area contributed by atoms with Crippen molar-refractivity contribution in [2.45, 2.75) is 19.4 Å². The third-order valence-corrected chi connectivity index (χ3v) is 4.49. The van der Waals surface area contributed by atoms with E-state index in [0.717, 1.165) is 13.0 Å². The molecular formula is C13H19N3O2S. The normalized spacial score (nSPS) is 19.3. The maximum absolute atomic E-state index is 12.5. The standard InChI is InChI=1S/C13H19N3O2S/c1-3-9-4-5-11(19-9)13(18)16-7-6-15-8-10(16)12(17)14-2/h4-5,10,15H,3,6-8H2,1-2H3,(H,14,17). The Morgan fingerprint density at radius 1 is 1.53 bits per heavy atom. The number of amides is 2. The van der Waals surface area contributed by atoms with E-state index in [9.17, 15) is 9.59 Å². The van der Waals surface area contributed by atoms with Gasteiger partial charge >= 0.3 is 0 Å². The van der Waals surface area contributed by atoms with Gasteiger partial charge < -0.3 is 15.5 Å². The Morgan fingerprint density at radius 3 is 2.95 bits per heavy atom. The average Bonchev–Trinajstić information content (AvgIpc) is 2.94. The number of carbonyl (C=O) groups excluding carboxylic acids is 2. The third kappa shape index (κ3) is 2.96. The van der Waals surface area contributed by atoms with Crippen LogP contribution in [0.5, 0.6) is 0 Å². The van der Waals surface area contributed by atoms with E-state index in [1.54, 1.807) is 11.9 Å². The zero-order valence-corrected chi connectivity index (χ0v) is 12.0. The molecule has 6 heteroatoms. The van der Waals surface area contributed by atoms with Crippen molar-refractivity contribution >= 4 is 23.2 Å². The van der Waals surface area contributed by atoms with Crippen LogP contribution in [0.3, 0.4) is 0 Å². The molecule has 1 saturated heterocycles. The van der Waals surface area contributed by atoms with Gasteiger partial charge in [0, 0.05) is 31.6 Å². The molecule has 1 aromatic rings. The molecule has 0 aliphatic carbocycles. The van der Waals surface area contributed by atoms with Crippen LogP contribution >= 0.6 is 11.3 Å². The maximum Gasteiger partial charge on any atom is 0.264 e. The molecule has 0 saturated carbocycles. The van der Waals surface area contributed by atoms with Gasteiger partial charge in [0.15, 0.2) is 0 Å². The molecule has 2 amide bonds.